The molecule has 221 valence electrons. The number of ketones is 1. The van der Waals surface area contributed by atoms with Gasteiger partial charge in [-0.15, -0.1) is 28.9 Å². The molecule has 5 aromatic rings. The Morgan fingerprint density at radius 3 is 2.21 bits per heavy atom. The van der Waals surface area contributed by atoms with E-state index in [0.29, 0.717) is 0 Å². The average molecular weight is 757 g/mol. The molecule has 1 aliphatic rings. The van der Waals surface area contributed by atoms with E-state index in [1.807, 2.05) is 33.8 Å². The molecule has 1 N–H and O–H groups in total. The smallest absolute Gasteiger partial charge is 0.162 e. The van der Waals surface area contributed by atoms with Crippen molar-refractivity contribution in [1.29, 1.82) is 0 Å². The summed E-state index contributed by atoms with van der Waals surface area (Å²) in [5.41, 5.74) is 4.14. The zero-order valence-corrected chi connectivity index (χ0v) is 28.3. The molecular weight excluding hydrogens is 719 g/mol. The number of allylic oxidation sites excluding steroid dienone is 2. The van der Waals surface area contributed by atoms with Crippen LogP contribution in [-0.4, -0.2) is 15.9 Å². The molecule has 0 atom stereocenters. The summed E-state index contributed by atoms with van der Waals surface area (Å²) in [7, 11) is 0. The van der Waals surface area contributed by atoms with E-state index in [0.717, 1.165) is 70.3 Å². The van der Waals surface area contributed by atoms with Gasteiger partial charge >= 0.3 is 0 Å². The van der Waals surface area contributed by atoms with Gasteiger partial charge in [0.2, 0.25) is 0 Å². The van der Waals surface area contributed by atoms with Crippen LogP contribution in [-0.2, 0) is 24.9 Å². The molecule has 42 heavy (non-hydrogen) atoms. The first-order chi connectivity index (χ1) is 19.8. The molecule has 3 aromatic carbocycles. The zero-order valence-electron chi connectivity index (χ0n) is 25.1. The Morgan fingerprint density at radius 1 is 0.929 bits per heavy atom. The molecule has 0 amide bonds. The van der Waals surface area contributed by atoms with E-state index in [1.54, 1.807) is 11.3 Å². The summed E-state index contributed by atoms with van der Waals surface area (Å²) in [4.78, 5) is 17.9. The summed E-state index contributed by atoms with van der Waals surface area (Å²) >= 11 is 1.79. The molecule has 0 saturated heterocycles. The van der Waals surface area contributed by atoms with Crippen LogP contribution in [0.2, 0.25) is 0 Å². The van der Waals surface area contributed by atoms with Crippen molar-refractivity contribution < 1.29 is 34.7 Å². The number of carbonyl (C=O) groups excluding carboxylic acids is 1. The third-order valence-corrected chi connectivity index (χ3v) is 9.45. The maximum absolute atomic E-state index is 11.7. The number of para-hydroxylation sites is 1. The number of carbonyl (C=O) groups is 1. The number of aliphatic hydroxyl groups is 1. The summed E-state index contributed by atoms with van der Waals surface area (Å²) in [6.07, 6.45) is 4.91. The SMILES string of the molecule is CCC(CC)C(=O)/C=C(\O)C(CC)CC.Cc1sc2c3c(nc4ccccc42)-c2[c-]c4ccccc4c(C)c2Oc13.[Ir]. The van der Waals surface area contributed by atoms with E-state index < -0.39 is 0 Å². The molecule has 4 nitrogen and oxygen atoms in total. The minimum Gasteiger partial charge on any atom is -0.512 e. The number of hydrogen-bond acceptors (Lipinski definition) is 5. The molecule has 0 bridgehead atoms. The number of rotatable bonds is 7. The van der Waals surface area contributed by atoms with Crippen LogP contribution < -0.4 is 4.74 Å². The van der Waals surface area contributed by atoms with E-state index in [9.17, 15) is 9.90 Å². The van der Waals surface area contributed by atoms with Crippen molar-refractivity contribution in [3.05, 3.63) is 76.9 Å². The van der Waals surface area contributed by atoms with Gasteiger partial charge in [-0.1, -0.05) is 80.6 Å². The number of ether oxygens (including phenoxy) is 1. The second-order valence-electron chi connectivity index (χ2n) is 10.8. The number of thiophene rings is 1. The minimum absolute atomic E-state index is 0. The molecule has 0 fully saturated rings. The Kier molecular flexibility index (Phi) is 10.2. The van der Waals surface area contributed by atoms with Gasteiger partial charge in [-0.2, -0.15) is 0 Å². The quantitative estimate of drug-likeness (QED) is 0.100. The predicted octanol–water partition coefficient (Wildman–Crippen LogP) is 10.7. The fraction of sp³-hybridized carbons (Fsp3) is 0.333. The normalized spacial score (nSPS) is 12.2. The Balaban J connectivity index is 0.000000221. The number of aromatic nitrogens is 1. The first kappa shape index (κ1) is 31.9. The van der Waals surface area contributed by atoms with Crippen molar-refractivity contribution in [2.45, 2.75) is 67.2 Å². The van der Waals surface area contributed by atoms with Crippen LogP contribution in [0.1, 0.15) is 63.8 Å². The van der Waals surface area contributed by atoms with E-state index in [-0.39, 0.29) is 43.5 Å². The van der Waals surface area contributed by atoms with Crippen LogP contribution in [0.5, 0.6) is 11.5 Å². The largest absolute Gasteiger partial charge is 0.512 e. The molecular formula is C36H38IrNO3S-. The van der Waals surface area contributed by atoms with Gasteiger partial charge in [0.1, 0.15) is 5.75 Å². The van der Waals surface area contributed by atoms with Gasteiger partial charge in [-0.25, -0.2) is 0 Å². The van der Waals surface area contributed by atoms with Crippen LogP contribution in [0.3, 0.4) is 0 Å². The number of benzene rings is 3. The number of hydrogen-bond donors (Lipinski definition) is 1. The summed E-state index contributed by atoms with van der Waals surface area (Å²) in [5.74, 6) is 2.39. The van der Waals surface area contributed by atoms with Crippen LogP contribution >= 0.6 is 11.3 Å². The number of nitrogens with zero attached hydrogens (tertiary/aromatic N) is 1. The van der Waals surface area contributed by atoms with Crippen LogP contribution in [0.15, 0.2) is 60.4 Å². The van der Waals surface area contributed by atoms with E-state index in [1.165, 1.54) is 26.4 Å². The maximum Gasteiger partial charge on any atom is 0.162 e. The fourth-order valence-corrected chi connectivity index (χ4v) is 6.89. The average Bonchev–Trinajstić information content (AvgIpc) is 3.32. The van der Waals surface area contributed by atoms with Gasteiger partial charge in [0.25, 0.3) is 0 Å². The second kappa shape index (κ2) is 13.5. The van der Waals surface area contributed by atoms with Crippen molar-refractivity contribution in [1.82, 2.24) is 4.98 Å². The molecule has 0 spiro atoms. The predicted molar refractivity (Wildman–Crippen MR) is 172 cm³/mol. The molecule has 3 heterocycles. The molecule has 2 aromatic heterocycles. The van der Waals surface area contributed by atoms with Gasteiger partial charge in [-0.05, 0) is 45.6 Å². The van der Waals surface area contributed by atoms with Crippen molar-refractivity contribution in [2.24, 2.45) is 11.8 Å². The van der Waals surface area contributed by atoms with Gasteiger partial charge in [0.05, 0.1) is 17.0 Å². The molecule has 6 heteroatoms. The third-order valence-electron chi connectivity index (χ3n) is 8.33. The Morgan fingerprint density at radius 2 is 1.55 bits per heavy atom. The van der Waals surface area contributed by atoms with Crippen molar-refractivity contribution in [3.63, 3.8) is 0 Å². The van der Waals surface area contributed by atoms with Gasteiger partial charge in [-0.3, -0.25) is 9.78 Å². The van der Waals surface area contributed by atoms with Crippen LogP contribution in [0, 0.1) is 31.7 Å². The van der Waals surface area contributed by atoms with Crippen LogP contribution in [0.25, 0.3) is 43.0 Å². The molecule has 1 aliphatic heterocycles. The zero-order chi connectivity index (χ0) is 29.3. The number of aliphatic hydroxyl groups excluding tert-OH is 1. The second-order valence-corrected chi connectivity index (χ2v) is 12.0. The van der Waals surface area contributed by atoms with Gasteiger partial charge in [0.15, 0.2) is 5.78 Å². The summed E-state index contributed by atoms with van der Waals surface area (Å²) < 4.78 is 7.70. The number of pyridine rings is 1. The van der Waals surface area contributed by atoms with Crippen molar-refractivity contribution in [3.8, 4) is 22.8 Å². The molecule has 6 rings (SSSR count). The van der Waals surface area contributed by atoms with E-state index >= 15 is 0 Å². The summed E-state index contributed by atoms with van der Waals surface area (Å²) in [6, 6.07) is 20.3. The Bertz CT molecular complexity index is 1780. The standard InChI is InChI=1S/C23H14NOS.C13H24O2.Ir/c1-12-15-8-4-3-7-14(15)11-17-20-19-22(25-21(12)17)13(2)26-23(19)16-9-5-6-10-18(16)24-20;1-5-10(6-2)12(14)9-13(15)11(7-3)8-4;/h3-10H,1-2H3;9-11,14H,5-8H2,1-4H3;/q-1;;/b;12-9-;. The first-order valence-corrected chi connectivity index (χ1v) is 15.5. The Hall–Kier alpha value is -3.05. The van der Waals surface area contributed by atoms with Crippen molar-refractivity contribution in [2.75, 3.05) is 0 Å². The number of fused-ring (bicyclic) bond motifs is 5. The van der Waals surface area contributed by atoms with E-state index in [2.05, 4.69) is 62.4 Å². The van der Waals surface area contributed by atoms with Gasteiger partial charge in [0, 0.05) is 64.1 Å². The maximum atomic E-state index is 11.7. The first-order valence-electron chi connectivity index (χ1n) is 14.7. The minimum atomic E-state index is 0. The molecule has 0 saturated carbocycles. The number of aryl methyl sites for hydroxylation is 2. The van der Waals surface area contributed by atoms with Crippen molar-refractivity contribution >= 4 is 48.9 Å². The topological polar surface area (TPSA) is 59.4 Å². The van der Waals surface area contributed by atoms with E-state index in [4.69, 9.17) is 9.72 Å². The molecule has 1 radical (unpaired) electrons. The summed E-state index contributed by atoms with van der Waals surface area (Å²) in [6.45, 7) is 12.3. The monoisotopic (exact) mass is 757 g/mol. The third kappa shape index (κ3) is 5.77. The Labute approximate surface area is 266 Å². The van der Waals surface area contributed by atoms with Crippen LogP contribution in [0.4, 0.5) is 0 Å². The summed E-state index contributed by atoms with van der Waals surface area (Å²) in [5, 5.41) is 14.4. The van der Waals surface area contributed by atoms with Gasteiger partial charge < -0.3 is 9.84 Å². The molecule has 0 unspecified atom stereocenters. The molecule has 0 aliphatic carbocycles. The fourth-order valence-electron chi connectivity index (χ4n) is 5.77.